The number of nitrogens with zero attached hydrogens (tertiary/aromatic N) is 2. The summed E-state index contributed by atoms with van der Waals surface area (Å²) < 4.78 is 80.5. The van der Waals surface area contributed by atoms with Crippen molar-refractivity contribution in [1.29, 1.82) is 0 Å². The van der Waals surface area contributed by atoms with Crippen LogP contribution in [-0.2, 0) is 10.0 Å². The lowest BCUT2D eigenvalue weighted by Crippen LogP contribution is -2.20. The zero-order valence-electron chi connectivity index (χ0n) is 17.9. The first-order chi connectivity index (χ1) is 15.6. The number of aromatic nitrogens is 2. The van der Waals surface area contributed by atoms with Gasteiger partial charge in [0.2, 0.25) is 10.0 Å². The summed E-state index contributed by atoms with van der Waals surface area (Å²) in [5.41, 5.74) is 0.428. The quantitative estimate of drug-likeness (QED) is 0.472. The van der Waals surface area contributed by atoms with E-state index in [0.717, 1.165) is 18.2 Å². The van der Waals surface area contributed by atoms with E-state index in [1.54, 1.807) is 12.1 Å². The summed E-state index contributed by atoms with van der Waals surface area (Å²) in [4.78, 5) is 8.16. The van der Waals surface area contributed by atoms with Crippen molar-refractivity contribution in [2.24, 2.45) is 0 Å². The number of hydrogen-bond donors (Lipinski definition) is 2. The molecule has 0 bridgehead atoms. The third-order valence-electron chi connectivity index (χ3n) is 4.40. The van der Waals surface area contributed by atoms with Crippen LogP contribution in [0, 0.1) is 0 Å². The zero-order chi connectivity index (χ0) is 24.2. The predicted octanol–water partition coefficient (Wildman–Crippen LogP) is 3.63. The van der Waals surface area contributed by atoms with E-state index in [0.29, 0.717) is 29.0 Å². The molecule has 0 radical (unpaired) electrons. The summed E-state index contributed by atoms with van der Waals surface area (Å²) in [5, 5.41) is 3.32. The van der Waals surface area contributed by atoms with Crippen LogP contribution in [0.2, 0.25) is 0 Å². The van der Waals surface area contributed by atoms with Gasteiger partial charge in [-0.1, -0.05) is 0 Å². The highest BCUT2D eigenvalue weighted by atomic mass is 32.2. The van der Waals surface area contributed by atoms with Crippen molar-refractivity contribution in [1.82, 2.24) is 14.7 Å². The van der Waals surface area contributed by atoms with Gasteiger partial charge in [-0.25, -0.2) is 23.1 Å². The van der Waals surface area contributed by atoms with E-state index in [-0.39, 0.29) is 22.2 Å². The largest absolute Gasteiger partial charge is 0.493 e. The molecule has 2 N–H and O–H groups in total. The van der Waals surface area contributed by atoms with Crippen LogP contribution in [0.3, 0.4) is 0 Å². The van der Waals surface area contributed by atoms with E-state index in [4.69, 9.17) is 14.2 Å². The standard InChI is InChI=1S/C20H21F3N4O5S/c1-4-31-18-9-14-13(8-17(18)30-3)19(26-11-25-14)27-15-7-12(33(28,29)24-2)5-6-16(15)32-10-20(21,22)23/h5-9,11,24H,4,10H2,1-3H3,(H,25,26,27). The van der Waals surface area contributed by atoms with E-state index in [1.165, 1.54) is 20.5 Å². The Morgan fingerprint density at radius 2 is 1.79 bits per heavy atom. The number of sulfonamides is 1. The van der Waals surface area contributed by atoms with Crippen LogP contribution >= 0.6 is 0 Å². The summed E-state index contributed by atoms with van der Waals surface area (Å²) in [6.07, 6.45) is -3.34. The van der Waals surface area contributed by atoms with Crippen LogP contribution in [0.1, 0.15) is 6.92 Å². The SMILES string of the molecule is CCOc1cc2ncnc(Nc3cc(S(=O)(=O)NC)ccc3OCC(F)(F)F)c2cc1OC. The van der Waals surface area contributed by atoms with Gasteiger partial charge >= 0.3 is 6.18 Å². The van der Waals surface area contributed by atoms with Gasteiger partial charge in [0.05, 0.1) is 29.8 Å². The van der Waals surface area contributed by atoms with Crippen molar-refractivity contribution in [3.05, 3.63) is 36.7 Å². The molecule has 13 heteroatoms. The Morgan fingerprint density at radius 3 is 2.42 bits per heavy atom. The second kappa shape index (κ2) is 9.67. The third-order valence-corrected chi connectivity index (χ3v) is 5.81. The Labute approximate surface area is 187 Å². The number of nitrogens with one attached hydrogen (secondary N) is 2. The van der Waals surface area contributed by atoms with Gasteiger partial charge in [0.25, 0.3) is 0 Å². The third kappa shape index (κ3) is 5.73. The number of anilines is 2. The monoisotopic (exact) mass is 486 g/mol. The highest BCUT2D eigenvalue weighted by Gasteiger charge is 2.29. The number of alkyl halides is 3. The van der Waals surface area contributed by atoms with Gasteiger partial charge in [-0.3, -0.25) is 0 Å². The zero-order valence-corrected chi connectivity index (χ0v) is 18.7. The highest BCUT2D eigenvalue weighted by Crippen LogP contribution is 2.37. The van der Waals surface area contributed by atoms with Gasteiger partial charge in [0, 0.05) is 11.5 Å². The Balaban J connectivity index is 2.10. The summed E-state index contributed by atoms with van der Waals surface area (Å²) in [7, 11) is -1.20. The number of rotatable bonds is 9. The van der Waals surface area contributed by atoms with Gasteiger partial charge in [-0.2, -0.15) is 13.2 Å². The minimum atomic E-state index is -4.59. The van der Waals surface area contributed by atoms with E-state index in [2.05, 4.69) is 20.0 Å². The molecule has 2 aromatic carbocycles. The molecule has 0 saturated carbocycles. The second-order valence-corrected chi connectivity index (χ2v) is 8.46. The first-order valence-corrected chi connectivity index (χ1v) is 11.1. The van der Waals surface area contributed by atoms with Crippen LogP contribution in [0.15, 0.2) is 41.6 Å². The summed E-state index contributed by atoms with van der Waals surface area (Å²) in [5.74, 6) is 0.819. The molecule has 3 aromatic rings. The number of ether oxygens (including phenoxy) is 3. The van der Waals surface area contributed by atoms with Gasteiger partial charge < -0.3 is 19.5 Å². The van der Waals surface area contributed by atoms with Gasteiger partial charge in [0.15, 0.2) is 18.1 Å². The fraction of sp³-hybridized carbons (Fsp3) is 0.300. The second-order valence-electron chi connectivity index (χ2n) is 6.57. The van der Waals surface area contributed by atoms with E-state index < -0.39 is 22.8 Å². The molecule has 9 nitrogen and oxygen atoms in total. The van der Waals surface area contributed by atoms with Crippen molar-refractivity contribution in [2.75, 3.05) is 32.7 Å². The predicted molar refractivity (Wildman–Crippen MR) is 115 cm³/mol. The number of hydrogen-bond acceptors (Lipinski definition) is 8. The summed E-state index contributed by atoms with van der Waals surface area (Å²) >= 11 is 0. The molecule has 33 heavy (non-hydrogen) atoms. The molecule has 0 spiro atoms. The van der Waals surface area contributed by atoms with Crippen molar-refractivity contribution < 1.29 is 35.8 Å². The number of benzene rings is 2. The molecule has 3 rings (SSSR count). The van der Waals surface area contributed by atoms with Crippen LogP contribution in [0.25, 0.3) is 10.9 Å². The molecule has 1 heterocycles. The molecule has 0 aliphatic rings. The summed E-state index contributed by atoms with van der Waals surface area (Å²) in [6, 6.07) is 6.66. The molecular formula is C20H21F3N4O5S. The molecular weight excluding hydrogens is 465 g/mol. The normalized spacial score (nSPS) is 11.9. The fourth-order valence-corrected chi connectivity index (χ4v) is 3.65. The van der Waals surface area contributed by atoms with Crippen molar-refractivity contribution in [2.45, 2.75) is 18.0 Å². The highest BCUT2D eigenvalue weighted by molar-refractivity contribution is 7.89. The van der Waals surface area contributed by atoms with Gasteiger partial charge in [0.1, 0.15) is 17.9 Å². The van der Waals surface area contributed by atoms with E-state index in [1.807, 2.05) is 6.92 Å². The molecule has 0 atom stereocenters. The lowest BCUT2D eigenvalue weighted by molar-refractivity contribution is -0.153. The molecule has 0 aliphatic heterocycles. The molecule has 178 valence electrons. The fourth-order valence-electron chi connectivity index (χ4n) is 2.90. The van der Waals surface area contributed by atoms with Gasteiger partial charge in [-0.15, -0.1) is 0 Å². The molecule has 1 aromatic heterocycles. The molecule has 0 amide bonds. The number of fused-ring (bicyclic) bond motifs is 1. The van der Waals surface area contributed by atoms with E-state index >= 15 is 0 Å². The van der Waals surface area contributed by atoms with Crippen LogP contribution in [-0.4, -0.2) is 51.9 Å². The Morgan fingerprint density at radius 1 is 1.03 bits per heavy atom. The minimum absolute atomic E-state index is 0.0385. The lowest BCUT2D eigenvalue weighted by atomic mass is 10.2. The molecule has 0 fully saturated rings. The first-order valence-electron chi connectivity index (χ1n) is 9.57. The maximum atomic E-state index is 12.7. The number of halogens is 3. The average Bonchev–Trinajstić information content (AvgIpc) is 2.77. The maximum Gasteiger partial charge on any atom is 0.422 e. The van der Waals surface area contributed by atoms with Crippen molar-refractivity contribution in [3.8, 4) is 17.2 Å². The number of methoxy groups -OCH3 is 1. The van der Waals surface area contributed by atoms with Crippen LogP contribution in [0.4, 0.5) is 24.7 Å². The van der Waals surface area contributed by atoms with Crippen molar-refractivity contribution >= 4 is 32.4 Å². The Kier molecular flexibility index (Phi) is 7.12. The van der Waals surface area contributed by atoms with E-state index in [9.17, 15) is 21.6 Å². The molecule has 0 saturated heterocycles. The molecule has 0 aliphatic carbocycles. The maximum absolute atomic E-state index is 12.7. The Hall–Kier alpha value is -3.32. The smallest absolute Gasteiger partial charge is 0.422 e. The molecule has 0 unspecified atom stereocenters. The average molecular weight is 486 g/mol. The topological polar surface area (TPSA) is 112 Å². The summed E-state index contributed by atoms with van der Waals surface area (Å²) in [6.45, 7) is 0.645. The minimum Gasteiger partial charge on any atom is -0.493 e. The van der Waals surface area contributed by atoms with Crippen LogP contribution < -0.4 is 24.2 Å². The van der Waals surface area contributed by atoms with Crippen molar-refractivity contribution in [3.63, 3.8) is 0 Å². The van der Waals surface area contributed by atoms with Gasteiger partial charge in [-0.05, 0) is 38.2 Å². The first kappa shape index (κ1) is 24.3. The van der Waals surface area contributed by atoms with Crippen LogP contribution in [0.5, 0.6) is 17.2 Å². The Bertz CT molecular complexity index is 1250. The lowest BCUT2D eigenvalue weighted by Gasteiger charge is -2.17.